The summed E-state index contributed by atoms with van der Waals surface area (Å²) in [6, 6.07) is 9.49. The van der Waals surface area contributed by atoms with Gasteiger partial charge in [-0.3, -0.25) is 9.48 Å². The van der Waals surface area contributed by atoms with Crippen LogP contribution >= 0.6 is 0 Å². The normalized spacial score (nSPS) is 21.5. The number of hydrogen-bond acceptors (Lipinski definition) is 4. The van der Waals surface area contributed by atoms with Gasteiger partial charge in [0, 0.05) is 38.3 Å². The molecule has 1 saturated heterocycles. The van der Waals surface area contributed by atoms with Crippen molar-refractivity contribution >= 4 is 11.9 Å². The topological polar surface area (TPSA) is 84.7 Å². The molecule has 3 heterocycles. The smallest absolute Gasteiger partial charge is 0.331 e. The van der Waals surface area contributed by atoms with Gasteiger partial charge in [0.1, 0.15) is 5.75 Å². The number of para-hydroxylation sites is 1. The Kier molecular flexibility index (Phi) is 4.14. The van der Waals surface area contributed by atoms with Crippen molar-refractivity contribution in [1.29, 1.82) is 0 Å². The van der Waals surface area contributed by atoms with E-state index in [9.17, 15) is 14.7 Å². The summed E-state index contributed by atoms with van der Waals surface area (Å²) in [5.74, 6) is -0.194. The number of nitrogens with zero attached hydrogens (tertiary/aromatic N) is 3. The molecule has 0 bridgehead atoms. The Morgan fingerprint density at radius 2 is 1.96 bits per heavy atom. The van der Waals surface area contributed by atoms with Crippen LogP contribution in [0.1, 0.15) is 24.8 Å². The number of benzene rings is 1. The van der Waals surface area contributed by atoms with Crippen molar-refractivity contribution < 1.29 is 19.4 Å². The van der Waals surface area contributed by atoms with Gasteiger partial charge in [-0.15, -0.1) is 0 Å². The third-order valence-electron chi connectivity index (χ3n) is 5.44. The number of piperidine rings is 1. The SMILES string of the molecule is O=C([C@H]1CCc2ccccc2O1)N1CCC(C(=O)O)(n2cccn2)CC1. The zero-order chi connectivity index (χ0) is 18.1. The molecular formula is C19H21N3O4. The number of hydrogen-bond donors (Lipinski definition) is 1. The molecule has 4 rings (SSSR count). The van der Waals surface area contributed by atoms with Gasteiger partial charge in [0.2, 0.25) is 0 Å². The van der Waals surface area contributed by atoms with Crippen LogP contribution in [-0.4, -0.2) is 50.9 Å². The lowest BCUT2D eigenvalue weighted by Crippen LogP contribution is -2.54. The number of rotatable bonds is 3. The number of likely N-dealkylation sites (tertiary alicyclic amines) is 1. The van der Waals surface area contributed by atoms with E-state index >= 15 is 0 Å². The lowest BCUT2D eigenvalue weighted by molar-refractivity contribution is -0.155. The third kappa shape index (κ3) is 2.73. The molecule has 2 aliphatic heterocycles. The van der Waals surface area contributed by atoms with Crippen molar-refractivity contribution in [1.82, 2.24) is 14.7 Å². The molecule has 1 aromatic carbocycles. The van der Waals surface area contributed by atoms with Crippen LogP contribution in [0.15, 0.2) is 42.7 Å². The van der Waals surface area contributed by atoms with Gasteiger partial charge in [-0.1, -0.05) is 18.2 Å². The number of ether oxygens (including phenoxy) is 1. The minimum absolute atomic E-state index is 0.0565. The molecule has 1 amide bonds. The summed E-state index contributed by atoms with van der Waals surface area (Å²) >= 11 is 0. The van der Waals surface area contributed by atoms with E-state index in [-0.39, 0.29) is 5.91 Å². The number of carbonyl (C=O) groups excluding carboxylic acids is 1. The molecule has 7 nitrogen and oxygen atoms in total. The fourth-order valence-electron chi connectivity index (χ4n) is 3.86. The number of carboxylic acids is 1. The number of amides is 1. The fourth-order valence-corrected chi connectivity index (χ4v) is 3.86. The summed E-state index contributed by atoms with van der Waals surface area (Å²) in [6.45, 7) is 0.763. The van der Waals surface area contributed by atoms with Crippen molar-refractivity contribution in [3.05, 3.63) is 48.3 Å². The number of carboxylic acid groups (broad SMARTS) is 1. The Hall–Kier alpha value is -2.83. The maximum atomic E-state index is 12.9. The van der Waals surface area contributed by atoms with Gasteiger partial charge < -0.3 is 14.7 Å². The quantitative estimate of drug-likeness (QED) is 0.905. The van der Waals surface area contributed by atoms with E-state index in [4.69, 9.17) is 4.74 Å². The zero-order valence-electron chi connectivity index (χ0n) is 14.4. The Bertz CT molecular complexity index is 810. The van der Waals surface area contributed by atoms with Crippen LogP contribution in [0.5, 0.6) is 5.75 Å². The molecule has 136 valence electrons. The van der Waals surface area contributed by atoms with Crippen molar-refractivity contribution in [3.8, 4) is 5.75 Å². The highest BCUT2D eigenvalue weighted by Crippen LogP contribution is 2.32. The molecule has 2 aromatic rings. The Morgan fingerprint density at radius 1 is 1.19 bits per heavy atom. The van der Waals surface area contributed by atoms with Crippen LogP contribution in [0.4, 0.5) is 0 Å². The Morgan fingerprint density at radius 3 is 2.65 bits per heavy atom. The second-order valence-electron chi connectivity index (χ2n) is 6.87. The second-order valence-corrected chi connectivity index (χ2v) is 6.87. The van der Waals surface area contributed by atoms with Gasteiger partial charge in [0.25, 0.3) is 5.91 Å². The van der Waals surface area contributed by atoms with Crippen LogP contribution in [-0.2, 0) is 21.5 Å². The maximum absolute atomic E-state index is 12.9. The van der Waals surface area contributed by atoms with Crippen molar-refractivity contribution in [2.24, 2.45) is 0 Å². The standard InChI is InChI=1S/C19H21N3O4/c23-17(16-7-6-14-4-1-2-5-15(14)26-16)21-12-8-19(9-13-21,18(24)25)22-11-3-10-20-22/h1-5,10-11,16H,6-9,12-13H2,(H,24,25)/t16-/m1/s1. The molecule has 0 radical (unpaired) electrons. The molecule has 1 aromatic heterocycles. The second kappa shape index (κ2) is 6.48. The van der Waals surface area contributed by atoms with Crippen LogP contribution in [0.3, 0.4) is 0 Å². The first-order chi connectivity index (χ1) is 12.6. The van der Waals surface area contributed by atoms with Gasteiger partial charge >= 0.3 is 5.97 Å². The number of fused-ring (bicyclic) bond motifs is 1. The van der Waals surface area contributed by atoms with Crippen molar-refractivity contribution in [2.75, 3.05) is 13.1 Å². The first-order valence-electron chi connectivity index (χ1n) is 8.87. The number of aryl methyl sites for hydroxylation is 1. The fraction of sp³-hybridized carbons (Fsp3) is 0.421. The number of carbonyl (C=O) groups is 2. The average Bonchev–Trinajstić information content (AvgIpc) is 3.22. The van der Waals surface area contributed by atoms with Gasteiger partial charge in [-0.05, 0) is 30.5 Å². The highest BCUT2D eigenvalue weighted by Gasteiger charge is 2.45. The van der Waals surface area contributed by atoms with E-state index in [1.54, 1.807) is 23.4 Å². The summed E-state index contributed by atoms with van der Waals surface area (Å²) in [6.07, 6.45) is 4.88. The van der Waals surface area contributed by atoms with Crippen LogP contribution in [0.2, 0.25) is 0 Å². The third-order valence-corrected chi connectivity index (χ3v) is 5.44. The summed E-state index contributed by atoms with van der Waals surface area (Å²) < 4.78 is 7.40. The maximum Gasteiger partial charge on any atom is 0.331 e. The highest BCUT2D eigenvalue weighted by molar-refractivity contribution is 5.83. The van der Waals surface area contributed by atoms with Gasteiger partial charge in [-0.2, -0.15) is 5.10 Å². The summed E-state index contributed by atoms with van der Waals surface area (Å²) in [5.41, 5.74) is 0.0408. The molecular weight excluding hydrogens is 334 g/mol. The van der Waals surface area contributed by atoms with Crippen LogP contribution < -0.4 is 4.74 Å². The molecule has 0 unspecified atom stereocenters. The zero-order valence-corrected chi connectivity index (χ0v) is 14.4. The first-order valence-corrected chi connectivity index (χ1v) is 8.87. The van der Waals surface area contributed by atoms with E-state index < -0.39 is 17.6 Å². The summed E-state index contributed by atoms with van der Waals surface area (Å²) in [5, 5.41) is 13.9. The molecule has 1 fully saturated rings. The van der Waals surface area contributed by atoms with Gasteiger partial charge in [-0.25, -0.2) is 4.79 Å². The van der Waals surface area contributed by atoms with Gasteiger partial charge in [0.15, 0.2) is 11.6 Å². The van der Waals surface area contributed by atoms with E-state index in [1.165, 1.54) is 4.68 Å². The highest BCUT2D eigenvalue weighted by atomic mass is 16.5. The van der Waals surface area contributed by atoms with E-state index in [2.05, 4.69) is 5.10 Å². The Labute approximate surface area is 151 Å². The van der Waals surface area contributed by atoms with Crippen LogP contribution in [0.25, 0.3) is 0 Å². The molecule has 2 aliphatic rings. The van der Waals surface area contributed by atoms with E-state index in [0.29, 0.717) is 32.4 Å². The first kappa shape index (κ1) is 16.6. The summed E-state index contributed by atoms with van der Waals surface area (Å²) in [4.78, 5) is 26.5. The lowest BCUT2D eigenvalue weighted by Gasteiger charge is -2.40. The predicted molar refractivity (Wildman–Crippen MR) is 92.8 cm³/mol. The van der Waals surface area contributed by atoms with Gasteiger partial charge in [0.05, 0.1) is 0 Å². The molecule has 26 heavy (non-hydrogen) atoms. The Balaban J connectivity index is 1.45. The minimum Gasteiger partial charge on any atom is -0.480 e. The molecule has 1 N–H and O–H groups in total. The average molecular weight is 355 g/mol. The van der Waals surface area contributed by atoms with Crippen molar-refractivity contribution in [2.45, 2.75) is 37.3 Å². The lowest BCUT2D eigenvalue weighted by atomic mass is 9.87. The molecule has 0 saturated carbocycles. The number of aromatic nitrogens is 2. The van der Waals surface area contributed by atoms with E-state index in [0.717, 1.165) is 17.7 Å². The summed E-state index contributed by atoms with van der Waals surface area (Å²) in [7, 11) is 0. The molecule has 1 atom stereocenters. The molecule has 0 spiro atoms. The minimum atomic E-state index is -1.08. The predicted octanol–water partition coefficient (Wildman–Crippen LogP) is 1.68. The number of aliphatic carboxylic acids is 1. The monoisotopic (exact) mass is 355 g/mol. The largest absolute Gasteiger partial charge is 0.480 e. The molecule has 7 heteroatoms. The van der Waals surface area contributed by atoms with Crippen LogP contribution in [0, 0.1) is 0 Å². The molecule has 0 aliphatic carbocycles. The van der Waals surface area contributed by atoms with E-state index in [1.807, 2.05) is 24.3 Å². The van der Waals surface area contributed by atoms with Crippen molar-refractivity contribution in [3.63, 3.8) is 0 Å².